The van der Waals surface area contributed by atoms with Crippen molar-refractivity contribution in [2.75, 3.05) is 24.6 Å². The van der Waals surface area contributed by atoms with Crippen molar-refractivity contribution in [1.29, 1.82) is 0 Å². The second-order valence-electron chi connectivity index (χ2n) is 4.91. The zero-order valence-corrected chi connectivity index (χ0v) is 14.0. The van der Waals surface area contributed by atoms with Crippen molar-refractivity contribution in [3.05, 3.63) is 22.7 Å². The average Bonchev–Trinajstić information content (AvgIpc) is 2.44. The number of hydrogen-bond donors (Lipinski definition) is 1. The Morgan fingerprint density at radius 2 is 2.20 bits per heavy atom. The Hall–Kier alpha value is -0.430. The Bertz CT molecular complexity index is 581. The number of benzene rings is 1. The van der Waals surface area contributed by atoms with Crippen LogP contribution in [0.25, 0.3) is 0 Å². The lowest BCUT2D eigenvalue weighted by atomic mass is 10.2. The summed E-state index contributed by atoms with van der Waals surface area (Å²) in [6, 6.07) is 3.05. The number of nitrogens with two attached hydrogens (primary N) is 1. The van der Waals surface area contributed by atoms with Gasteiger partial charge in [0.2, 0.25) is 10.0 Å². The van der Waals surface area contributed by atoms with Gasteiger partial charge >= 0.3 is 0 Å². The van der Waals surface area contributed by atoms with E-state index < -0.39 is 10.0 Å². The van der Waals surface area contributed by atoms with Crippen molar-refractivity contribution < 1.29 is 8.42 Å². The maximum atomic E-state index is 12.7. The molecule has 1 atom stereocenters. The summed E-state index contributed by atoms with van der Waals surface area (Å²) in [4.78, 5) is 0.235. The fourth-order valence-corrected chi connectivity index (χ4v) is 5.33. The first-order valence-corrected chi connectivity index (χ1v) is 9.40. The summed E-state index contributed by atoms with van der Waals surface area (Å²) in [6.45, 7) is 4.95. The Morgan fingerprint density at radius 3 is 2.80 bits per heavy atom. The summed E-state index contributed by atoms with van der Waals surface area (Å²) in [5, 5.41) is 0.786. The molecule has 2 rings (SSSR count). The Labute approximate surface area is 129 Å². The number of hydrogen-bond acceptors (Lipinski definition) is 4. The van der Waals surface area contributed by atoms with Gasteiger partial charge in [-0.1, -0.05) is 18.5 Å². The number of nitrogen functional groups attached to an aromatic ring is 1. The maximum absolute atomic E-state index is 12.7. The van der Waals surface area contributed by atoms with Crippen molar-refractivity contribution in [2.45, 2.75) is 30.4 Å². The fraction of sp³-hybridized carbons (Fsp3) is 0.538. The van der Waals surface area contributed by atoms with Crippen molar-refractivity contribution in [2.24, 2.45) is 0 Å². The van der Waals surface area contributed by atoms with Gasteiger partial charge in [0, 0.05) is 24.1 Å². The molecule has 1 aromatic carbocycles. The van der Waals surface area contributed by atoms with Gasteiger partial charge in [0.15, 0.2) is 0 Å². The second-order valence-corrected chi connectivity index (χ2v) is 8.63. The molecule has 20 heavy (non-hydrogen) atoms. The highest BCUT2D eigenvalue weighted by Gasteiger charge is 2.30. The molecule has 7 heteroatoms. The number of sulfonamides is 1. The zero-order valence-electron chi connectivity index (χ0n) is 11.6. The number of nitrogens with zero attached hydrogens (tertiary/aromatic N) is 1. The third-order valence-corrected chi connectivity index (χ3v) is 7.18. The quantitative estimate of drug-likeness (QED) is 0.863. The Morgan fingerprint density at radius 1 is 1.50 bits per heavy atom. The lowest BCUT2D eigenvalue weighted by Crippen LogP contribution is -2.41. The van der Waals surface area contributed by atoms with Crippen LogP contribution in [0.1, 0.15) is 18.9 Å². The van der Waals surface area contributed by atoms with E-state index in [1.54, 1.807) is 17.3 Å². The molecule has 2 N–H and O–H groups in total. The van der Waals surface area contributed by atoms with Crippen LogP contribution in [0.4, 0.5) is 5.69 Å². The minimum atomic E-state index is -3.49. The molecule has 1 aliphatic rings. The summed E-state index contributed by atoms with van der Waals surface area (Å²) in [5.74, 6) is 0.833. The Balaban J connectivity index is 2.35. The van der Waals surface area contributed by atoms with E-state index in [4.69, 9.17) is 17.3 Å². The van der Waals surface area contributed by atoms with Crippen LogP contribution in [0.2, 0.25) is 5.02 Å². The van der Waals surface area contributed by atoms with E-state index in [0.29, 0.717) is 34.6 Å². The summed E-state index contributed by atoms with van der Waals surface area (Å²) in [6.07, 6.45) is 0.971. The number of thioether (sulfide) groups is 1. The predicted molar refractivity (Wildman–Crippen MR) is 85.9 cm³/mol. The predicted octanol–water partition coefficient (Wildman–Crippen LogP) is 2.75. The second kappa shape index (κ2) is 6.13. The molecule has 1 unspecified atom stereocenters. The van der Waals surface area contributed by atoms with Crippen molar-refractivity contribution in [3.63, 3.8) is 0 Å². The molecule has 0 aliphatic carbocycles. The fourth-order valence-electron chi connectivity index (χ4n) is 2.22. The van der Waals surface area contributed by atoms with Gasteiger partial charge in [0.25, 0.3) is 0 Å². The molecule has 112 valence electrons. The molecule has 1 aliphatic heterocycles. The number of aryl methyl sites for hydroxylation is 1. The van der Waals surface area contributed by atoms with Gasteiger partial charge in [-0.25, -0.2) is 8.42 Å². The third kappa shape index (κ3) is 3.08. The van der Waals surface area contributed by atoms with Crippen LogP contribution in [0, 0.1) is 6.92 Å². The van der Waals surface area contributed by atoms with Crippen LogP contribution in [-0.2, 0) is 10.0 Å². The molecule has 1 aromatic rings. The highest BCUT2D eigenvalue weighted by atomic mass is 35.5. The molecule has 1 fully saturated rings. The van der Waals surface area contributed by atoms with Crippen LogP contribution in [0.3, 0.4) is 0 Å². The van der Waals surface area contributed by atoms with Gasteiger partial charge < -0.3 is 5.73 Å². The van der Waals surface area contributed by atoms with E-state index in [-0.39, 0.29) is 4.90 Å². The maximum Gasteiger partial charge on any atom is 0.243 e. The molecule has 0 spiro atoms. The SMILES string of the molecule is CCC1CN(S(=O)(=O)c2cc(C)c(Cl)c(N)c2)CCS1. The molecular weight excluding hydrogens is 316 g/mol. The highest BCUT2D eigenvalue weighted by molar-refractivity contribution is 8.00. The van der Waals surface area contributed by atoms with Crippen LogP contribution in [0.15, 0.2) is 17.0 Å². The molecule has 0 saturated carbocycles. The van der Waals surface area contributed by atoms with Crippen molar-refractivity contribution in [3.8, 4) is 0 Å². The molecule has 0 aromatic heterocycles. The van der Waals surface area contributed by atoms with E-state index in [1.807, 2.05) is 11.8 Å². The monoisotopic (exact) mass is 334 g/mol. The summed E-state index contributed by atoms with van der Waals surface area (Å²) >= 11 is 7.83. The van der Waals surface area contributed by atoms with Crippen LogP contribution in [0.5, 0.6) is 0 Å². The summed E-state index contributed by atoms with van der Waals surface area (Å²) in [5.41, 5.74) is 6.78. The normalized spacial score (nSPS) is 21.1. The van der Waals surface area contributed by atoms with Gasteiger partial charge in [-0.2, -0.15) is 16.1 Å². The van der Waals surface area contributed by atoms with Crippen LogP contribution in [-0.4, -0.2) is 36.8 Å². The molecule has 1 saturated heterocycles. The van der Waals surface area contributed by atoms with Gasteiger partial charge in [0.05, 0.1) is 15.6 Å². The molecule has 0 bridgehead atoms. The first-order valence-electron chi connectivity index (χ1n) is 6.53. The zero-order chi connectivity index (χ0) is 14.9. The van der Waals surface area contributed by atoms with E-state index in [9.17, 15) is 8.42 Å². The van der Waals surface area contributed by atoms with Gasteiger partial charge in [-0.05, 0) is 31.0 Å². The van der Waals surface area contributed by atoms with Crippen molar-refractivity contribution in [1.82, 2.24) is 4.31 Å². The number of halogens is 1. The van der Waals surface area contributed by atoms with E-state index in [1.165, 1.54) is 6.07 Å². The molecular formula is C13H19ClN2O2S2. The topological polar surface area (TPSA) is 63.4 Å². The van der Waals surface area contributed by atoms with Gasteiger partial charge in [-0.15, -0.1) is 0 Å². The van der Waals surface area contributed by atoms with Crippen molar-refractivity contribution >= 4 is 39.1 Å². The minimum absolute atomic E-state index is 0.235. The Kier molecular flexibility index (Phi) is 4.89. The smallest absolute Gasteiger partial charge is 0.243 e. The van der Waals surface area contributed by atoms with Gasteiger partial charge in [-0.3, -0.25) is 0 Å². The summed E-state index contributed by atoms with van der Waals surface area (Å²) in [7, 11) is -3.49. The number of anilines is 1. The first kappa shape index (κ1) is 15.9. The highest BCUT2D eigenvalue weighted by Crippen LogP contribution is 2.30. The standard InChI is InChI=1S/C13H19ClN2O2S2/c1-3-10-8-16(4-5-19-10)20(17,18)11-6-9(2)13(14)12(15)7-11/h6-7,10H,3-5,8,15H2,1-2H3. The largest absolute Gasteiger partial charge is 0.397 e. The number of rotatable bonds is 3. The average molecular weight is 335 g/mol. The minimum Gasteiger partial charge on any atom is -0.397 e. The van der Waals surface area contributed by atoms with E-state index >= 15 is 0 Å². The van der Waals surface area contributed by atoms with E-state index in [0.717, 1.165) is 12.2 Å². The lowest BCUT2D eigenvalue weighted by Gasteiger charge is -2.31. The van der Waals surface area contributed by atoms with Gasteiger partial charge in [0.1, 0.15) is 0 Å². The molecule has 0 radical (unpaired) electrons. The first-order chi connectivity index (χ1) is 9.36. The van der Waals surface area contributed by atoms with Crippen LogP contribution < -0.4 is 5.73 Å². The molecule has 1 heterocycles. The molecule has 4 nitrogen and oxygen atoms in total. The summed E-state index contributed by atoms with van der Waals surface area (Å²) < 4.78 is 26.9. The lowest BCUT2D eigenvalue weighted by molar-refractivity contribution is 0.416. The molecule has 0 amide bonds. The third-order valence-electron chi connectivity index (χ3n) is 3.45. The van der Waals surface area contributed by atoms with E-state index in [2.05, 4.69) is 6.92 Å². The van der Waals surface area contributed by atoms with Crippen LogP contribution >= 0.6 is 23.4 Å².